The number of benzene rings is 2. The van der Waals surface area contributed by atoms with Crippen LogP contribution in [0.4, 0.5) is 18.9 Å². The van der Waals surface area contributed by atoms with Gasteiger partial charge in [-0.15, -0.1) is 11.8 Å². The van der Waals surface area contributed by atoms with E-state index < -0.39 is 54.1 Å². The predicted molar refractivity (Wildman–Crippen MR) is 101 cm³/mol. The van der Waals surface area contributed by atoms with E-state index in [0.29, 0.717) is 6.07 Å². The molecule has 0 atom stereocenters. The van der Waals surface area contributed by atoms with Crippen molar-refractivity contribution in [2.45, 2.75) is 11.8 Å². The van der Waals surface area contributed by atoms with Gasteiger partial charge in [-0.1, -0.05) is 18.2 Å². The third kappa shape index (κ3) is 6.83. The van der Waals surface area contributed by atoms with E-state index in [1.807, 2.05) is 36.5 Å². The molecule has 0 saturated carbocycles. The number of thioether (sulfide) groups is 1. The first kappa shape index (κ1) is 22.3. The van der Waals surface area contributed by atoms with Crippen LogP contribution in [0.3, 0.4) is 0 Å². The van der Waals surface area contributed by atoms with Crippen LogP contribution in [0.1, 0.15) is 5.56 Å². The summed E-state index contributed by atoms with van der Waals surface area (Å²) in [6.45, 7) is 0.727. The Balaban J connectivity index is 1.70. The van der Waals surface area contributed by atoms with Gasteiger partial charge in [-0.05, 0) is 30.7 Å². The molecule has 2 amide bonds. The minimum absolute atomic E-state index is 0.00796. The molecule has 0 aliphatic rings. The fraction of sp³-hybridized carbons (Fsp3) is 0.211. The van der Waals surface area contributed by atoms with Crippen molar-refractivity contribution < 1.29 is 32.3 Å². The second-order valence-corrected chi connectivity index (χ2v) is 6.78. The number of aryl methyl sites for hydroxylation is 1. The fourth-order valence-electron chi connectivity index (χ4n) is 2.09. The summed E-state index contributed by atoms with van der Waals surface area (Å²) in [5.41, 5.74) is 0.439. The largest absolute Gasteiger partial charge is 0.455 e. The van der Waals surface area contributed by atoms with Gasteiger partial charge in [-0.25, -0.2) is 13.2 Å². The number of hydrogen-bond donors (Lipinski definition) is 2. The lowest BCUT2D eigenvalue weighted by molar-refractivity contribution is -0.146. The molecule has 0 radical (unpaired) electrons. The van der Waals surface area contributed by atoms with Gasteiger partial charge in [0.2, 0.25) is 5.91 Å². The molecule has 154 valence electrons. The SMILES string of the molecule is Cc1ccccc1SCC(=O)OCC(=O)NCC(=O)Nc1ccc(F)c(F)c1F. The lowest BCUT2D eigenvalue weighted by atomic mass is 10.2. The van der Waals surface area contributed by atoms with Gasteiger partial charge in [-0.3, -0.25) is 14.4 Å². The number of ether oxygens (including phenoxy) is 1. The average molecular weight is 426 g/mol. The van der Waals surface area contributed by atoms with Crippen LogP contribution in [0.15, 0.2) is 41.3 Å². The molecule has 6 nitrogen and oxygen atoms in total. The van der Waals surface area contributed by atoms with Gasteiger partial charge in [0.1, 0.15) is 0 Å². The molecule has 0 saturated heterocycles. The van der Waals surface area contributed by atoms with Gasteiger partial charge >= 0.3 is 5.97 Å². The van der Waals surface area contributed by atoms with Gasteiger partial charge in [0.25, 0.3) is 5.91 Å². The van der Waals surface area contributed by atoms with Crippen molar-refractivity contribution in [1.82, 2.24) is 5.32 Å². The van der Waals surface area contributed by atoms with E-state index in [1.165, 1.54) is 11.8 Å². The van der Waals surface area contributed by atoms with Crippen molar-refractivity contribution in [2.24, 2.45) is 0 Å². The molecule has 0 aliphatic carbocycles. The maximum atomic E-state index is 13.5. The van der Waals surface area contributed by atoms with E-state index in [0.717, 1.165) is 16.5 Å². The lowest BCUT2D eigenvalue weighted by Crippen LogP contribution is -2.35. The second-order valence-electron chi connectivity index (χ2n) is 5.76. The highest BCUT2D eigenvalue weighted by Crippen LogP contribution is 2.21. The smallest absolute Gasteiger partial charge is 0.316 e. The van der Waals surface area contributed by atoms with Gasteiger partial charge in [0, 0.05) is 4.90 Å². The molecule has 0 unspecified atom stereocenters. The van der Waals surface area contributed by atoms with Crippen LogP contribution >= 0.6 is 11.8 Å². The summed E-state index contributed by atoms with van der Waals surface area (Å²) in [5, 5.41) is 4.16. The monoisotopic (exact) mass is 426 g/mol. The molecular formula is C19H17F3N2O4S. The van der Waals surface area contributed by atoms with Crippen LogP contribution in [0, 0.1) is 24.4 Å². The molecule has 2 aromatic rings. The standard InChI is InChI=1S/C19H17F3N2O4S/c1-11-4-2-3-5-14(11)29-10-17(27)28-9-16(26)23-8-15(25)24-13-7-6-12(20)18(21)19(13)22/h2-7H,8-10H2,1H3,(H,23,26)(H,24,25). The van der Waals surface area contributed by atoms with E-state index in [4.69, 9.17) is 4.74 Å². The molecule has 29 heavy (non-hydrogen) atoms. The summed E-state index contributed by atoms with van der Waals surface area (Å²) in [5.74, 6) is -6.89. The number of esters is 1. The molecule has 2 N–H and O–H groups in total. The average Bonchev–Trinajstić information content (AvgIpc) is 2.70. The number of halogens is 3. The van der Waals surface area contributed by atoms with Crippen molar-refractivity contribution in [1.29, 1.82) is 0 Å². The van der Waals surface area contributed by atoms with Crippen molar-refractivity contribution in [3.63, 3.8) is 0 Å². The number of carbonyl (C=O) groups excluding carboxylic acids is 3. The number of nitrogens with one attached hydrogen (secondary N) is 2. The Morgan fingerprint density at radius 1 is 1.00 bits per heavy atom. The maximum absolute atomic E-state index is 13.5. The summed E-state index contributed by atoms with van der Waals surface area (Å²) < 4.78 is 44.2. The Bertz CT molecular complexity index is 924. The zero-order chi connectivity index (χ0) is 21.4. The molecule has 0 aliphatic heterocycles. The molecule has 2 rings (SSSR count). The fourth-order valence-corrected chi connectivity index (χ4v) is 2.92. The summed E-state index contributed by atoms with van der Waals surface area (Å²) in [7, 11) is 0. The third-order valence-electron chi connectivity index (χ3n) is 3.56. The first-order valence-electron chi connectivity index (χ1n) is 8.32. The molecule has 2 aromatic carbocycles. The molecular weight excluding hydrogens is 409 g/mol. The third-order valence-corrected chi connectivity index (χ3v) is 4.71. The highest BCUT2D eigenvalue weighted by Gasteiger charge is 2.16. The molecule has 0 bridgehead atoms. The Kier molecular flexibility index (Phi) is 8.08. The Labute approximate surface area is 168 Å². The molecule has 0 aromatic heterocycles. The van der Waals surface area contributed by atoms with Gasteiger partial charge < -0.3 is 15.4 Å². The summed E-state index contributed by atoms with van der Waals surface area (Å²) in [4.78, 5) is 35.9. The Hall–Kier alpha value is -3.01. The first-order chi connectivity index (χ1) is 13.8. The van der Waals surface area contributed by atoms with E-state index in [2.05, 4.69) is 5.32 Å². The second kappa shape index (κ2) is 10.5. The van der Waals surface area contributed by atoms with Crippen LogP contribution in [0.25, 0.3) is 0 Å². The topological polar surface area (TPSA) is 84.5 Å². The molecule has 10 heteroatoms. The van der Waals surface area contributed by atoms with Crippen LogP contribution in [0.2, 0.25) is 0 Å². The number of amides is 2. The van der Waals surface area contributed by atoms with E-state index in [9.17, 15) is 27.6 Å². The van der Waals surface area contributed by atoms with Gasteiger partial charge in [0.05, 0.1) is 18.0 Å². The summed E-state index contributed by atoms with van der Waals surface area (Å²) in [6.07, 6.45) is 0. The number of rotatable bonds is 8. The van der Waals surface area contributed by atoms with Crippen LogP contribution in [0.5, 0.6) is 0 Å². The van der Waals surface area contributed by atoms with Gasteiger partial charge in [0.15, 0.2) is 24.1 Å². The van der Waals surface area contributed by atoms with Gasteiger partial charge in [-0.2, -0.15) is 0 Å². The van der Waals surface area contributed by atoms with Crippen molar-refractivity contribution in [3.05, 3.63) is 59.4 Å². The van der Waals surface area contributed by atoms with E-state index >= 15 is 0 Å². The van der Waals surface area contributed by atoms with E-state index in [-0.39, 0.29) is 5.75 Å². The highest BCUT2D eigenvalue weighted by molar-refractivity contribution is 8.00. The van der Waals surface area contributed by atoms with Crippen LogP contribution in [-0.2, 0) is 19.1 Å². The first-order valence-corrected chi connectivity index (χ1v) is 9.30. The van der Waals surface area contributed by atoms with Crippen LogP contribution in [-0.4, -0.2) is 36.7 Å². The number of anilines is 1. The molecule has 0 fully saturated rings. The van der Waals surface area contributed by atoms with Crippen molar-refractivity contribution in [2.75, 3.05) is 24.2 Å². The van der Waals surface area contributed by atoms with Crippen LogP contribution < -0.4 is 10.6 Å². The summed E-state index contributed by atoms with van der Waals surface area (Å²) >= 11 is 1.27. The highest BCUT2D eigenvalue weighted by atomic mass is 32.2. The minimum Gasteiger partial charge on any atom is -0.455 e. The normalized spacial score (nSPS) is 10.3. The minimum atomic E-state index is -1.72. The lowest BCUT2D eigenvalue weighted by Gasteiger charge is -2.09. The van der Waals surface area contributed by atoms with E-state index in [1.54, 1.807) is 0 Å². The number of hydrogen-bond acceptors (Lipinski definition) is 5. The quantitative estimate of drug-likeness (QED) is 0.385. The predicted octanol–water partition coefficient (Wildman–Crippen LogP) is 2.80. The summed E-state index contributed by atoms with van der Waals surface area (Å²) in [6, 6.07) is 8.97. The molecule has 0 spiro atoms. The van der Waals surface area contributed by atoms with Crippen molar-refractivity contribution >= 4 is 35.2 Å². The molecule has 0 heterocycles. The zero-order valence-electron chi connectivity index (χ0n) is 15.3. The van der Waals surface area contributed by atoms with Crippen molar-refractivity contribution in [3.8, 4) is 0 Å². The maximum Gasteiger partial charge on any atom is 0.316 e. The Morgan fingerprint density at radius 2 is 1.72 bits per heavy atom. The number of carbonyl (C=O) groups is 3. The Morgan fingerprint density at radius 3 is 2.45 bits per heavy atom. The zero-order valence-corrected chi connectivity index (χ0v) is 16.1.